The van der Waals surface area contributed by atoms with E-state index in [1.165, 1.54) is 4.90 Å². The standard InChI is InChI=1S/C7H14N2O2.ClH/c1-9(2)7(11)6-3-5(10)4-8-6;/h5-6,8,10H,3-4H2,1-2H3;1H/t5-,6+;/m1./s1. The van der Waals surface area contributed by atoms with Gasteiger partial charge in [-0.05, 0) is 6.42 Å². The highest BCUT2D eigenvalue weighted by molar-refractivity contribution is 5.85. The van der Waals surface area contributed by atoms with Crippen molar-refractivity contribution in [3.8, 4) is 0 Å². The van der Waals surface area contributed by atoms with Gasteiger partial charge in [-0.1, -0.05) is 0 Å². The maximum Gasteiger partial charge on any atom is 0.239 e. The summed E-state index contributed by atoms with van der Waals surface area (Å²) in [5, 5.41) is 12.0. The molecule has 1 aliphatic heterocycles. The fraction of sp³-hybridized carbons (Fsp3) is 0.857. The van der Waals surface area contributed by atoms with Crippen LogP contribution in [0.5, 0.6) is 0 Å². The fourth-order valence-electron chi connectivity index (χ4n) is 1.22. The van der Waals surface area contributed by atoms with Gasteiger partial charge in [-0.3, -0.25) is 4.79 Å². The van der Waals surface area contributed by atoms with Gasteiger partial charge in [0.1, 0.15) is 0 Å². The van der Waals surface area contributed by atoms with Gasteiger partial charge in [-0.25, -0.2) is 0 Å². The summed E-state index contributed by atoms with van der Waals surface area (Å²) in [5.41, 5.74) is 0. The molecule has 0 spiro atoms. The average molecular weight is 195 g/mol. The Hall–Kier alpha value is -0.320. The molecule has 0 aromatic carbocycles. The Morgan fingerprint density at radius 1 is 1.58 bits per heavy atom. The number of nitrogens with one attached hydrogen (secondary N) is 1. The number of carbonyl (C=O) groups is 1. The number of β-amino-alcohol motifs (C(OH)–C–C–N with tert-alkyl or cyclic N) is 1. The summed E-state index contributed by atoms with van der Waals surface area (Å²) >= 11 is 0. The molecule has 12 heavy (non-hydrogen) atoms. The van der Waals surface area contributed by atoms with Crippen LogP contribution < -0.4 is 5.32 Å². The largest absolute Gasteiger partial charge is 0.392 e. The lowest BCUT2D eigenvalue weighted by atomic mass is 10.2. The molecule has 0 bridgehead atoms. The van der Waals surface area contributed by atoms with Crippen LogP contribution in [-0.4, -0.2) is 48.7 Å². The lowest BCUT2D eigenvalue weighted by Crippen LogP contribution is -2.39. The van der Waals surface area contributed by atoms with Crippen LogP contribution in [0.1, 0.15) is 6.42 Å². The van der Waals surface area contributed by atoms with Crippen molar-refractivity contribution in [3.63, 3.8) is 0 Å². The first kappa shape index (κ1) is 11.7. The molecule has 1 amide bonds. The van der Waals surface area contributed by atoms with Gasteiger partial charge in [0.05, 0.1) is 12.1 Å². The normalized spacial score (nSPS) is 27.9. The zero-order valence-electron chi connectivity index (χ0n) is 7.28. The van der Waals surface area contributed by atoms with Gasteiger partial charge >= 0.3 is 0 Å². The molecule has 72 valence electrons. The summed E-state index contributed by atoms with van der Waals surface area (Å²) in [6.45, 7) is 0.532. The van der Waals surface area contributed by atoms with E-state index in [2.05, 4.69) is 5.32 Å². The third-order valence-corrected chi connectivity index (χ3v) is 1.85. The number of hydrogen-bond donors (Lipinski definition) is 2. The summed E-state index contributed by atoms with van der Waals surface area (Å²) in [4.78, 5) is 12.8. The Morgan fingerprint density at radius 3 is 2.50 bits per heavy atom. The first-order valence-corrected chi connectivity index (χ1v) is 3.74. The van der Waals surface area contributed by atoms with E-state index in [1.54, 1.807) is 14.1 Å². The van der Waals surface area contributed by atoms with Crippen LogP contribution in [0, 0.1) is 0 Å². The van der Waals surface area contributed by atoms with E-state index in [0.717, 1.165) is 0 Å². The van der Waals surface area contributed by atoms with Gasteiger partial charge in [0.15, 0.2) is 0 Å². The summed E-state index contributed by atoms with van der Waals surface area (Å²) in [6, 6.07) is -0.181. The van der Waals surface area contributed by atoms with E-state index >= 15 is 0 Å². The number of rotatable bonds is 1. The van der Waals surface area contributed by atoms with Crippen LogP contribution in [0.15, 0.2) is 0 Å². The number of hydrogen-bond acceptors (Lipinski definition) is 3. The summed E-state index contributed by atoms with van der Waals surface area (Å²) in [5.74, 6) is 0.0431. The Balaban J connectivity index is 0.00000121. The number of halogens is 1. The highest BCUT2D eigenvalue weighted by Gasteiger charge is 2.28. The molecule has 0 aromatic rings. The predicted octanol–water partition coefficient (Wildman–Crippen LogP) is -0.781. The zero-order valence-corrected chi connectivity index (χ0v) is 8.10. The minimum atomic E-state index is -0.358. The van der Waals surface area contributed by atoms with Crippen molar-refractivity contribution in [2.24, 2.45) is 0 Å². The van der Waals surface area contributed by atoms with E-state index in [-0.39, 0.29) is 30.5 Å². The fourth-order valence-corrected chi connectivity index (χ4v) is 1.22. The SMILES string of the molecule is CN(C)C(=O)[C@@H]1C[C@@H](O)CN1.Cl. The molecule has 1 heterocycles. The summed E-state index contributed by atoms with van der Waals surface area (Å²) in [7, 11) is 3.43. The van der Waals surface area contributed by atoms with Gasteiger partial charge in [0.25, 0.3) is 0 Å². The number of nitrogens with zero attached hydrogens (tertiary/aromatic N) is 1. The van der Waals surface area contributed by atoms with Crippen molar-refractivity contribution in [1.82, 2.24) is 10.2 Å². The van der Waals surface area contributed by atoms with E-state index in [0.29, 0.717) is 13.0 Å². The van der Waals surface area contributed by atoms with Crippen molar-refractivity contribution in [1.29, 1.82) is 0 Å². The molecule has 5 heteroatoms. The Morgan fingerprint density at radius 2 is 2.17 bits per heavy atom. The molecule has 1 rings (SSSR count). The molecule has 0 radical (unpaired) electrons. The number of likely N-dealkylation sites (N-methyl/N-ethyl adjacent to an activating group) is 1. The second-order valence-corrected chi connectivity index (χ2v) is 3.08. The topological polar surface area (TPSA) is 52.6 Å². The van der Waals surface area contributed by atoms with Gasteiger partial charge in [0, 0.05) is 20.6 Å². The number of carbonyl (C=O) groups excluding carboxylic acids is 1. The molecule has 0 saturated carbocycles. The van der Waals surface area contributed by atoms with Crippen molar-refractivity contribution >= 4 is 18.3 Å². The first-order chi connectivity index (χ1) is 5.11. The maximum absolute atomic E-state index is 11.2. The molecule has 1 saturated heterocycles. The van der Waals surface area contributed by atoms with E-state index in [1.807, 2.05) is 0 Å². The van der Waals surface area contributed by atoms with Crippen molar-refractivity contribution in [3.05, 3.63) is 0 Å². The molecule has 4 nitrogen and oxygen atoms in total. The highest BCUT2D eigenvalue weighted by atomic mass is 35.5. The Labute approximate surface area is 78.3 Å². The highest BCUT2D eigenvalue weighted by Crippen LogP contribution is 2.07. The van der Waals surface area contributed by atoms with E-state index in [9.17, 15) is 4.79 Å². The lowest BCUT2D eigenvalue weighted by Gasteiger charge is -2.15. The molecule has 0 unspecified atom stereocenters. The van der Waals surface area contributed by atoms with Gasteiger partial charge < -0.3 is 15.3 Å². The van der Waals surface area contributed by atoms with Crippen LogP contribution in [0.4, 0.5) is 0 Å². The third-order valence-electron chi connectivity index (χ3n) is 1.85. The predicted molar refractivity (Wildman–Crippen MR) is 48.4 cm³/mol. The first-order valence-electron chi connectivity index (χ1n) is 3.74. The minimum Gasteiger partial charge on any atom is -0.392 e. The molecule has 2 atom stereocenters. The Kier molecular flexibility index (Phi) is 4.52. The van der Waals surface area contributed by atoms with Crippen LogP contribution in [0.3, 0.4) is 0 Å². The van der Waals surface area contributed by atoms with Crippen LogP contribution in [-0.2, 0) is 4.79 Å². The van der Waals surface area contributed by atoms with E-state index in [4.69, 9.17) is 5.11 Å². The summed E-state index contributed by atoms with van der Waals surface area (Å²) < 4.78 is 0. The van der Waals surface area contributed by atoms with Crippen molar-refractivity contribution in [2.45, 2.75) is 18.6 Å². The van der Waals surface area contributed by atoms with E-state index < -0.39 is 0 Å². The van der Waals surface area contributed by atoms with Gasteiger partial charge in [-0.15, -0.1) is 12.4 Å². The molecule has 0 aliphatic carbocycles. The van der Waals surface area contributed by atoms with Crippen LogP contribution in [0.25, 0.3) is 0 Å². The van der Waals surface area contributed by atoms with Gasteiger partial charge in [0.2, 0.25) is 5.91 Å². The quantitative estimate of drug-likeness (QED) is 0.576. The van der Waals surface area contributed by atoms with Crippen LogP contribution in [0.2, 0.25) is 0 Å². The average Bonchev–Trinajstić information content (AvgIpc) is 2.34. The molecule has 2 N–H and O–H groups in total. The van der Waals surface area contributed by atoms with Crippen molar-refractivity contribution < 1.29 is 9.90 Å². The molecule has 0 aromatic heterocycles. The second-order valence-electron chi connectivity index (χ2n) is 3.08. The number of aliphatic hydroxyl groups excluding tert-OH is 1. The summed E-state index contributed by atoms with van der Waals surface area (Å²) in [6.07, 6.45) is 0.181. The smallest absolute Gasteiger partial charge is 0.239 e. The number of amides is 1. The zero-order chi connectivity index (χ0) is 8.43. The maximum atomic E-state index is 11.2. The molecular formula is C7H15ClN2O2. The lowest BCUT2D eigenvalue weighted by molar-refractivity contribution is -0.130. The minimum absolute atomic E-state index is 0. The van der Waals surface area contributed by atoms with Gasteiger partial charge in [-0.2, -0.15) is 0 Å². The Bertz CT molecular complexity index is 163. The third kappa shape index (κ3) is 2.62. The molecule has 1 aliphatic rings. The van der Waals surface area contributed by atoms with Crippen molar-refractivity contribution in [2.75, 3.05) is 20.6 Å². The number of aliphatic hydroxyl groups is 1. The monoisotopic (exact) mass is 194 g/mol. The second kappa shape index (κ2) is 4.64. The molecular weight excluding hydrogens is 180 g/mol. The van der Waals surface area contributed by atoms with Crippen LogP contribution >= 0.6 is 12.4 Å². The molecule has 1 fully saturated rings.